The Morgan fingerprint density at radius 1 is 1.15 bits per heavy atom. The molecule has 0 atom stereocenters. The van der Waals surface area contributed by atoms with Crippen LogP contribution in [0.4, 0.5) is 14.5 Å². The van der Waals surface area contributed by atoms with Gasteiger partial charge in [-0.3, -0.25) is 0 Å². The number of anilines is 1. The van der Waals surface area contributed by atoms with Gasteiger partial charge in [0.15, 0.2) is 0 Å². The van der Waals surface area contributed by atoms with Crippen LogP contribution in [0.25, 0.3) is 0 Å². The number of nitrogens with two attached hydrogens (primary N) is 1. The van der Waals surface area contributed by atoms with E-state index >= 15 is 0 Å². The first-order valence-electron chi connectivity index (χ1n) is 6.55. The van der Waals surface area contributed by atoms with Crippen LogP contribution >= 0.6 is 12.2 Å². The molecule has 20 heavy (non-hydrogen) atoms. The lowest BCUT2D eigenvalue weighted by atomic mass is 10.1. The maximum atomic E-state index is 14.2. The minimum Gasteiger partial charge on any atom is -0.389 e. The summed E-state index contributed by atoms with van der Waals surface area (Å²) in [6.45, 7) is 3.84. The number of benzene rings is 1. The van der Waals surface area contributed by atoms with Gasteiger partial charge in [-0.25, -0.2) is 8.78 Å². The summed E-state index contributed by atoms with van der Waals surface area (Å²) in [5, 5.41) is 0. The number of likely N-dealkylation sites (N-methyl/N-ethyl adjacent to an activating group) is 1. The Labute approximate surface area is 124 Å². The third-order valence-corrected chi connectivity index (χ3v) is 3.16. The van der Waals surface area contributed by atoms with E-state index in [1.165, 1.54) is 12.1 Å². The smallest absolute Gasteiger partial charge is 0.150 e. The molecule has 112 valence electrons. The lowest BCUT2D eigenvalue weighted by Gasteiger charge is -2.27. The van der Waals surface area contributed by atoms with Gasteiger partial charge in [0.2, 0.25) is 0 Å². The average molecular weight is 301 g/mol. The van der Waals surface area contributed by atoms with Crippen molar-refractivity contribution in [1.29, 1.82) is 0 Å². The molecule has 1 aromatic carbocycles. The number of rotatable bonds is 7. The van der Waals surface area contributed by atoms with Crippen LogP contribution in [-0.2, 0) is 0 Å². The van der Waals surface area contributed by atoms with Crippen LogP contribution in [0.5, 0.6) is 0 Å². The molecule has 0 aliphatic heterocycles. The molecule has 0 bridgehead atoms. The first-order chi connectivity index (χ1) is 9.36. The van der Waals surface area contributed by atoms with Crippen LogP contribution in [0, 0.1) is 11.6 Å². The minimum absolute atomic E-state index is 0.00583. The van der Waals surface area contributed by atoms with Crippen LogP contribution in [0.2, 0.25) is 0 Å². The fourth-order valence-corrected chi connectivity index (χ4v) is 2.05. The van der Waals surface area contributed by atoms with Gasteiger partial charge in [-0.05, 0) is 32.6 Å². The average Bonchev–Trinajstić information content (AvgIpc) is 2.34. The lowest BCUT2D eigenvalue weighted by molar-refractivity contribution is 0.410. The van der Waals surface area contributed by atoms with Crippen molar-refractivity contribution in [2.45, 2.75) is 13.3 Å². The third kappa shape index (κ3) is 4.38. The molecule has 0 radical (unpaired) electrons. The quantitative estimate of drug-likeness (QED) is 0.784. The Morgan fingerprint density at radius 3 is 2.10 bits per heavy atom. The van der Waals surface area contributed by atoms with Gasteiger partial charge >= 0.3 is 0 Å². The van der Waals surface area contributed by atoms with E-state index < -0.39 is 11.6 Å². The Morgan fingerprint density at radius 2 is 1.70 bits per heavy atom. The maximum Gasteiger partial charge on any atom is 0.150 e. The summed E-state index contributed by atoms with van der Waals surface area (Å²) in [7, 11) is 3.85. The summed E-state index contributed by atoms with van der Waals surface area (Å²) in [6.07, 6.45) is 0.809. The van der Waals surface area contributed by atoms with E-state index in [1.54, 1.807) is 4.90 Å². The zero-order valence-corrected chi connectivity index (χ0v) is 12.9. The van der Waals surface area contributed by atoms with Gasteiger partial charge in [-0.1, -0.05) is 19.1 Å². The van der Waals surface area contributed by atoms with Gasteiger partial charge in [0.25, 0.3) is 0 Å². The van der Waals surface area contributed by atoms with Crippen molar-refractivity contribution in [1.82, 2.24) is 4.90 Å². The Bertz CT molecular complexity index is 454. The summed E-state index contributed by atoms with van der Waals surface area (Å²) in [4.78, 5) is 3.68. The van der Waals surface area contributed by atoms with E-state index in [2.05, 4.69) is 0 Å². The summed E-state index contributed by atoms with van der Waals surface area (Å²) in [6, 6.07) is 2.39. The lowest BCUT2D eigenvalue weighted by Crippen LogP contribution is -2.33. The summed E-state index contributed by atoms with van der Waals surface area (Å²) < 4.78 is 28.3. The Hall–Kier alpha value is -1.27. The van der Waals surface area contributed by atoms with Gasteiger partial charge in [-0.15, -0.1) is 0 Å². The third-order valence-electron chi connectivity index (χ3n) is 2.93. The molecule has 1 aromatic rings. The minimum atomic E-state index is -0.625. The SMILES string of the molecule is CCCN(CCN(C)C)c1c(F)cc(C(N)=S)cc1F. The van der Waals surface area contributed by atoms with Gasteiger partial charge in [0, 0.05) is 25.2 Å². The number of hydrogen-bond donors (Lipinski definition) is 1. The molecule has 0 aliphatic rings. The van der Waals surface area contributed by atoms with Crippen molar-refractivity contribution in [3.8, 4) is 0 Å². The van der Waals surface area contributed by atoms with E-state index in [1.807, 2.05) is 25.9 Å². The van der Waals surface area contributed by atoms with Crippen molar-refractivity contribution < 1.29 is 8.78 Å². The predicted molar refractivity (Wildman–Crippen MR) is 83.3 cm³/mol. The first kappa shape index (κ1) is 16.8. The van der Waals surface area contributed by atoms with E-state index in [-0.39, 0.29) is 16.2 Å². The van der Waals surface area contributed by atoms with Crippen molar-refractivity contribution in [2.75, 3.05) is 38.6 Å². The second-order valence-electron chi connectivity index (χ2n) is 4.94. The fourth-order valence-electron chi connectivity index (χ4n) is 1.94. The molecule has 0 unspecified atom stereocenters. The molecule has 0 heterocycles. The van der Waals surface area contributed by atoms with Gasteiger partial charge in [0.05, 0.1) is 0 Å². The molecule has 2 N–H and O–H groups in total. The number of thiocarbonyl (C=S) groups is 1. The highest BCUT2D eigenvalue weighted by atomic mass is 32.1. The highest BCUT2D eigenvalue weighted by Gasteiger charge is 2.18. The molecule has 1 rings (SSSR count). The molecular formula is C14H21F2N3S. The van der Waals surface area contributed by atoms with E-state index in [9.17, 15) is 8.78 Å². The van der Waals surface area contributed by atoms with Crippen LogP contribution in [-0.4, -0.2) is 43.6 Å². The summed E-state index contributed by atoms with van der Waals surface area (Å²) in [5.41, 5.74) is 5.62. The second kappa shape index (κ2) is 7.50. The topological polar surface area (TPSA) is 32.5 Å². The molecule has 0 amide bonds. The maximum absolute atomic E-state index is 14.2. The molecule has 0 saturated heterocycles. The van der Waals surface area contributed by atoms with E-state index in [4.69, 9.17) is 18.0 Å². The van der Waals surface area contributed by atoms with Crippen molar-refractivity contribution in [3.63, 3.8) is 0 Å². The molecule has 0 fully saturated rings. The molecule has 0 saturated carbocycles. The molecule has 0 aromatic heterocycles. The summed E-state index contributed by atoms with van der Waals surface area (Å²) in [5.74, 6) is -1.25. The summed E-state index contributed by atoms with van der Waals surface area (Å²) >= 11 is 4.75. The van der Waals surface area contributed by atoms with Crippen LogP contribution in [0.15, 0.2) is 12.1 Å². The van der Waals surface area contributed by atoms with Crippen LogP contribution < -0.4 is 10.6 Å². The zero-order valence-electron chi connectivity index (χ0n) is 12.1. The normalized spacial score (nSPS) is 10.9. The molecule has 3 nitrogen and oxygen atoms in total. The largest absolute Gasteiger partial charge is 0.389 e. The highest BCUT2D eigenvalue weighted by Crippen LogP contribution is 2.25. The molecule has 0 spiro atoms. The standard InChI is InChI=1S/C14H21F2N3S/c1-4-5-19(7-6-18(2)3)13-11(15)8-10(14(17)20)9-12(13)16/h8-9H,4-7H2,1-3H3,(H2,17,20). The van der Waals surface area contributed by atoms with E-state index in [0.29, 0.717) is 13.1 Å². The van der Waals surface area contributed by atoms with Gasteiger partial charge in [0.1, 0.15) is 22.3 Å². The van der Waals surface area contributed by atoms with Crippen LogP contribution in [0.3, 0.4) is 0 Å². The number of nitrogens with zero attached hydrogens (tertiary/aromatic N) is 2. The van der Waals surface area contributed by atoms with Crippen LogP contribution in [0.1, 0.15) is 18.9 Å². The van der Waals surface area contributed by atoms with Gasteiger partial charge < -0.3 is 15.5 Å². The monoisotopic (exact) mass is 301 g/mol. The van der Waals surface area contributed by atoms with Crippen molar-refractivity contribution >= 4 is 22.9 Å². The Kier molecular flexibility index (Phi) is 6.29. The predicted octanol–water partition coefficient (Wildman–Crippen LogP) is 2.38. The van der Waals surface area contributed by atoms with Crippen molar-refractivity contribution in [3.05, 3.63) is 29.3 Å². The first-order valence-corrected chi connectivity index (χ1v) is 6.96. The van der Waals surface area contributed by atoms with Crippen molar-refractivity contribution in [2.24, 2.45) is 5.73 Å². The fraction of sp³-hybridized carbons (Fsp3) is 0.500. The highest BCUT2D eigenvalue weighted by molar-refractivity contribution is 7.80. The van der Waals surface area contributed by atoms with E-state index in [0.717, 1.165) is 13.0 Å². The van der Waals surface area contributed by atoms with Gasteiger partial charge in [-0.2, -0.15) is 0 Å². The molecule has 6 heteroatoms. The Balaban J connectivity index is 3.09. The molecular weight excluding hydrogens is 280 g/mol. The zero-order chi connectivity index (χ0) is 15.3. The number of halogens is 2. The second-order valence-corrected chi connectivity index (χ2v) is 5.38. The number of hydrogen-bond acceptors (Lipinski definition) is 3. The molecule has 0 aliphatic carbocycles.